The van der Waals surface area contributed by atoms with E-state index in [1.54, 1.807) is 0 Å². The highest BCUT2D eigenvalue weighted by molar-refractivity contribution is 6.74. The van der Waals surface area contributed by atoms with Crippen LogP contribution in [0.15, 0.2) is 33.5 Å². The van der Waals surface area contributed by atoms with Crippen LogP contribution in [0.1, 0.15) is 76.6 Å². The topological polar surface area (TPSA) is 81.0 Å². The maximum atomic E-state index is 13.7. The highest BCUT2D eigenvalue weighted by Gasteiger charge is 2.37. The van der Waals surface area contributed by atoms with Gasteiger partial charge in [-0.1, -0.05) is 26.8 Å². The number of benzene rings is 2. The molecule has 1 amide bonds. The molecule has 0 unspecified atom stereocenters. The van der Waals surface area contributed by atoms with E-state index in [-0.39, 0.29) is 10.7 Å². The molecule has 0 spiro atoms. The molecule has 0 fully saturated rings. The molecule has 232 valence electrons. The van der Waals surface area contributed by atoms with Gasteiger partial charge in [0.25, 0.3) is 0 Å². The molecule has 1 aromatic heterocycles. The van der Waals surface area contributed by atoms with Crippen LogP contribution in [-0.2, 0) is 28.4 Å². The van der Waals surface area contributed by atoms with E-state index < -0.39 is 20.0 Å². The second kappa shape index (κ2) is 11.4. The van der Waals surface area contributed by atoms with Gasteiger partial charge in [-0.3, -0.25) is 5.32 Å². The monoisotopic (exact) mass is 604 g/mol. The van der Waals surface area contributed by atoms with Gasteiger partial charge in [-0.2, -0.15) is 0 Å². The lowest BCUT2D eigenvalue weighted by Crippen LogP contribution is -2.41. The lowest BCUT2D eigenvalue weighted by molar-refractivity contribution is 0.0635. The highest BCUT2D eigenvalue weighted by Crippen LogP contribution is 2.42. The molecule has 3 aromatic rings. The molecule has 2 aliphatic heterocycles. The van der Waals surface area contributed by atoms with Crippen LogP contribution in [0.2, 0.25) is 18.1 Å². The summed E-state index contributed by atoms with van der Waals surface area (Å²) in [6.07, 6.45) is 4.26. The van der Waals surface area contributed by atoms with Crippen molar-refractivity contribution >= 4 is 36.8 Å². The zero-order chi connectivity index (χ0) is 31.3. The third-order valence-electron chi connectivity index (χ3n) is 9.32. The molecule has 2 aliphatic rings. The molecule has 0 saturated heterocycles. The fourth-order valence-electron chi connectivity index (χ4n) is 6.12. The standard InChI is InChI=1S/C35H48N2O5Si/c1-22-27-21-25-12-10-17-37-18-11-13-26(30(25)37)31(27)41-32(38)29(22)24-14-15-28(36-33(39)42-34(2,3)4)23(20-24)16-19-40-43(8,9)35(5,6)7/h14-15,20-21H,10-13,16-19H2,1-9H3,(H,36,39). The quantitative estimate of drug-likeness (QED) is 0.225. The summed E-state index contributed by atoms with van der Waals surface area (Å²) in [7, 11) is -1.97. The van der Waals surface area contributed by atoms with E-state index in [4.69, 9.17) is 13.6 Å². The van der Waals surface area contributed by atoms with Gasteiger partial charge in [0.1, 0.15) is 11.2 Å². The minimum absolute atomic E-state index is 0.0865. The Bertz CT molecular complexity index is 1610. The summed E-state index contributed by atoms with van der Waals surface area (Å²) in [5.74, 6) is 0. The first-order chi connectivity index (χ1) is 20.1. The summed E-state index contributed by atoms with van der Waals surface area (Å²) in [6, 6.07) is 8.00. The SMILES string of the molecule is Cc1c(-c2ccc(NC(=O)OC(C)(C)C)c(CCO[Si](C)(C)C(C)(C)C)c2)c(=O)oc2c3c4c(cc12)CCCN4CCC3. The molecule has 3 heterocycles. The maximum Gasteiger partial charge on any atom is 0.412 e. The third kappa shape index (κ3) is 6.41. The number of nitrogens with zero attached hydrogens (tertiary/aromatic N) is 1. The van der Waals surface area contributed by atoms with E-state index >= 15 is 0 Å². The number of amides is 1. The van der Waals surface area contributed by atoms with E-state index in [1.165, 1.54) is 16.8 Å². The van der Waals surface area contributed by atoms with Gasteiger partial charge in [-0.05, 0) is 118 Å². The van der Waals surface area contributed by atoms with E-state index in [9.17, 15) is 9.59 Å². The van der Waals surface area contributed by atoms with Crippen LogP contribution < -0.4 is 15.8 Å². The average molecular weight is 605 g/mol. The van der Waals surface area contributed by atoms with Gasteiger partial charge >= 0.3 is 11.7 Å². The summed E-state index contributed by atoms with van der Waals surface area (Å²) in [5, 5.41) is 4.04. The van der Waals surface area contributed by atoms with Crippen molar-refractivity contribution in [3.05, 3.63) is 56.9 Å². The Morgan fingerprint density at radius 1 is 1.05 bits per heavy atom. The minimum atomic E-state index is -1.97. The Labute approximate surface area is 257 Å². The average Bonchev–Trinajstić information content (AvgIpc) is 2.89. The van der Waals surface area contributed by atoms with E-state index in [0.29, 0.717) is 24.3 Å². The van der Waals surface area contributed by atoms with Crippen molar-refractivity contribution in [2.45, 2.75) is 104 Å². The Morgan fingerprint density at radius 2 is 1.74 bits per heavy atom. The molecule has 43 heavy (non-hydrogen) atoms. The lowest BCUT2D eigenvalue weighted by atomic mass is 9.88. The predicted molar refractivity (Wildman–Crippen MR) is 178 cm³/mol. The molecule has 0 aliphatic carbocycles. The lowest BCUT2D eigenvalue weighted by Gasteiger charge is -2.37. The van der Waals surface area contributed by atoms with Gasteiger partial charge in [-0.25, -0.2) is 9.59 Å². The van der Waals surface area contributed by atoms with Gasteiger partial charge in [0.15, 0.2) is 8.32 Å². The summed E-state index contributed by atoms with van der Waals surface area (Å²) in [4.78, 5) is 28.9. The molecule has 0 atom stereocenters. The van der Waals surface area contributed by atoms with Crippen molar-refractivity contribution in [2.75, 3.05) is 29.9 Å². The van der Waals surface area contributed by atoms with Gasteiger partial charge in [0, 0.05) is 42.0 Å². The van der Waals surface area contributed by atoms with Gasteiger partial charge in [-0.15, -0.1) is 0 Å². The fourth-order valence-corrected chi connectivity index (χ4v) is 7.16. The number of hydrogen-bond donors (Lipinski definition) is 1. The summed E-state index contributed by atoms with van der Waals surface area (Å²) >= 11 is 0. The summed E-state index contributed by atoms with van der Waals surface area (Å²) < 4.78 is 18.2. The zero-order valence-corrected chi connectivity index (χ0v) is 28.5. The van der Waals surface area contributed by atoms with Crippen molar-refractivity contribution in [1.29, 1.82) is 0 Å². The van der Waals surface area contributed by atoms with E-state index in [0.717, 1.165) is 66.4 Å². The molecule has 2 aromatic carbocycles. The second-order valence-corrected chi connectivity index (χ2v) is 19.5. The van der Waals surface area contributed by atoms with Crippen LogP contribution in [0.3, 0.4) is 0 Å². The van der Waals surface area contributed by atoms with E-state index in [2.05, 4.69) is 50.1 Å². The Hall–Kier alpha value is -3.10. The number of carbonyl (C=O) groups is 1. The molecule has 0 bridgehead atoms. The maximum absolute atomic E-state index is 13.7. The van der Waals surface area contributed by atoms with Crippen molar-refractivity contribution < 1.29 is 18.4 Å². The number of rotatable bonds is 6. The normalized spacial score (nSPS) is 15.4. The smallest absolute Gasteiger partial charge is 0.412 e. The van der Waals surface area contributed by atoms with Crippen LogP contribution in [0.4, 0.5) is 16.2 Å². The number of aryl methyl sites for hydroxylation is 3. The Kier molecular flexibility index (Phi) is 8.33. The molecular formula is C35H48N2O5Si. The van der Waals surface area contributed by atoms with Crippen LogP contribution in [0.25, 0.3) is 22.1 Å². The molecule has 1 N–H and O–H groups in total. The van der Waals surface area contributed by atoms with Crippen molar-refractivity contribution in [1.82, 2.24) is 0 Å². The predicted octanol–water partition coefficient (Wildman–Crippen LogP) is 8.38. The summed E-state index contributed by atoms with van der Waals surface area (Å²) in [6.45, 7) is 21.3. The van der Waals surface area contributed by atoms with Crippen molar-refractivity contribution in [2.24, 2.45) is 0 Å². The molecule has 0 radical (unpaired) electrons. The van der Waals surface area contributed by atoms with Crippen molar-refractivity contribution in [3.8, 4) is 11.1 Å². The number of hydrogen-bond acceptors (Lipinski definition) is 6. The third-order valence-corrected chi connectivity index (χ3v) is 13.9. The fraction of sp³-hybridized carbons (Fsp3) is 0.543. The number of fused-ring (bicyclic) bond motifs is 2. The van der Waals surface area contributed by atoms with Crippen molar-refractivity contribution in [3.63, 3.8) is 0 Å². The van der Waals surface area contributed by atoms with Crippen LogP contribution in [0, 0.1) is 6.92 Å². The zero-order valence-electron chi connectivity index (χ0n) is 27.5. The van der Waals surface area contributed by atoms with Gasteiger partial charge in [0.2, 0.25) is 0 Å². The first-order valence-corrected chi connectivity index (χ1v) is 18.6. The molecular weight excluding hydrogens is 556 g/mol. The Balaban J connectivity index is 1.56. The number of nitrogens with one attached hydrogen (secondary N) is 1. The summed E-state index contributed by atoms with van der Waals surface area (Å²) in [5.41, 5.74) is 7.45. The van der Waals surface area contributed by atoms with Gasteiger partial charge in [0.05, 0.1) is 5.56 Å². The van der Waals surface area contributed by atoms with Crippen LogP contribution >= 0.6 is 0 Å². The Morgan fingerprint density at radius 3 is 2.42 bits per heavy atom. The number of ether oxygens (including phenoxy) is 1. The number of anilines is 2. The second-order valence-electron chi connectivity index (χ2n) is 14.7. The first-order valence-electron chi connectivity index (χ1n) is 15.7. The molecule has 7 nitrogen and oxygen atoms in total. The van der Waals surface area contributed by atoms with E-state index in [1.807, 2.05) is 45.9 Å². The molecule has 0 saturated carbocycles. The highest BCUT2D eigenvalue weighted by atomic mass is 28.4. The van der Waals surface area contributed by atoms with Gasteiger partial charge < -0.3 is 18.5 Å². The molecule has 5 rings (SSSR count). The van der Waals surface area contributed by atoms with Crippen LogP contribution in [0.5, 0.6) is 0 Å². The first kappa shape index (κ1) is 31.3. The molecule has 8 heteroatoms. The minimum Gasteiger partial charge on any atom is -0.444 e. The van der Waals surface area contributed by atoms with Crippen LogP contribution in [-0.4, -0.2) is 39.7 Å². The number of carbonyl (C=O) groups excluding carboxylic acids is 1. The largest absolute Gasteiger partial charge is 0.444 e.